The molecule has 0 saturated heterocycles. The molecule has 0 aliphatic carbocycles. The Morgan fingerprint density at radius 2 is 1.84 bits per heavy atom. The summed E-state index contributed by atoms with van der Waals surface area (Å²) in [7, 11) is 0. The second kappa shape index (κ2) is 5.73. The van der Waals surface area contributed by atoms with Gasteiger partial charge in [-0.1, -0.05) is 13.8 Å². The van der Waals surface area contributed by atoms with Gasteiger partial charge in [-0.2, -0.15) is 4.39 Å². The zero-order chi connectivity index (χ0) is 14.7. The zero-order valence-corrected chi connectivity index (χ0v) is 10.6. The van der Waals surface area contributed by atoms with Gasteiger partial charge in [0.1, 0.15) is 11.9 Å². The van der Waals surface area contributed by atoms with Crippen LogP contribution in [0.25, 0.3) is 0 Å². The molecule has 5 nitrogen and oxygen atoms in total. The van der Waals surface area contributed by atoms with Crippen molar-refractivity contribution in [2.45, 2.75) is 26.9 Å². The second-order valence-electron chi connectivity index (χ2n) is 4.40. The number of nitro groups is 1. The Morgan fingerprint density at radius 3 is 2.32 bits per heavy atom. The van der Waals surface area contributed by atoms with Crippen LogP contribution in [0.15, 0.2) is 12.1 Å². The molecule has 0 heterocycles. The van der Waals surface area contributed by atoms with Crippen molar-refractivity contribution in [3.63, 3.8) is 0 Å². The summed E-state index contributed by atoms with van der Waals surface area (Å²) in [5.41, 5.74) is -1.68. The molecule has 0 saturated carbocycles. The van der Waals surface area contributed by atoms with Crippen LogP contribution in [0, 0.1) is 27.7 Å². The van der Waals surface area contributed by atoms with E-state index in [9.17, 15) is 23.7 Å². The highest BCUT2D eigenvalue weighted by molar-refractivity contribution is 5.90. The van der Waals surface area contributed by atoms with Crippen LogP contribution >= 0.6 is 0 Å². The molecule has 0 aromatic heterocycles. The average Bonchev–Trinajstić information content (AvgIpc) is 2.30. The summed E-state index contributed by atoms with van der Waals surface area (Å²) in [6.45, 7) is 5.21. The Bertz CT molecular complexity index is 517. The minimum absolute atomic E-state index is 0.00917. The number of hydrogen-bond donors (Lipinski definition) is 0. The molecule has 1 aromatic rings. The summed E-state index contributed by atoms with van der Waals surface area (Å²) >= 11 is 0. The number of carbonyl (C=O) groups is 1. The van der Waals surface area contributed by atoms with E-state index < -0.39 is 39.9 Å². The van der Waals surface area contributed by atoms with Crippen molar-refractivity contribution < 1.29 is 23.2 Å². The first kappa shape index (κ1) is 15.0. The van der Waals surface area contributed by atoms with Crippen LogP contribution in [-0.4, -0.2) is 17.0 Å². The van der Waals surface area contributed by atoms with Crippen molar-refractivity contribution in [3.05, 3.63) is 39.4 Å². The summed E-state index contributed by atoms with van der Waals surface area (Å²) in [6.07, 6.45) is -0.481. The Hall–Kier alpha value is -2.05. The summed E-state index contributed by atoms with van der Waals surface area (Å²) in [4.78, 5) is 21.0. The number of benzene rings is 1. The third-order valence-electron chi connectivity index (χ3n) is 2.68. The number of nitro benzene ring substituents is 1. The summed E-state index contributed by atoms with van der Waals surface area (Å²) in [5, 5.41) is 10.4. The van der Waals surface area contributed by atoms with E-state index in [0.29, 0.717) is 12.1 Å². The van der Waals surface area contributed by atoms with Gasteiger partial charge in [-0.05, 0) is 18.9 Å². The van der Waals surface area contributed by atoms with E-state index in [2.05, 4.69) is 0 Å². The van der Waals surface area contributed by atoms with Crippen LogP contribution in [0.3, 0.4) is 0 Å². The van der Waals surface area contributed by atoms with E-state index in [0.717, 1.165) is 0 Å². The monoisotopic (exact) mass is 273 g/mol. The molecule has 0 radical (unpaired) electrons. The maximum absolute atomic E-state index is 13.5. The third-order valence-corrected chi connectivity index (χ3v) is 2.68. The van der Waals surface area contributed by atoms with Crippen LogP contribution in [0.1, 0.15) is 31.1 Å². The van der Waals surface area contributed by atoms with E-state index >= 15 is 0 Å². The lowest BCUT2D eigenvalue weighted by Crippen LogP contribution is -2.21. The molecule has 0 aliphatic heterocycles. The molecule has 0 fully saturated rings. The third kappa shape index (κ3) is 3.46. The van der Waals surface area contributed by atoms with Crippen molar-refractivity contribution in [1.29, 1.82) is 0 Å². The second-order valence-corrected chi connectivity index (χ2v) is 4.40. The van der Waals surface area contributed by atoms with Crippen molar-refractivity contribution in [3.8, 4) is 0 Å². The standard InChI is InChI=1S/C12H13F2NO4/c1-6(2)7(3)19-12(16)8-4-10(14)11(15(17)18)5-9(8)13/h4-7H,1-3H3. The largest absolute Gasteiger partial charge is 0.459 e. The molecule has 0 aliphatic rings. The van der Waals surface area contributed by atoms with Gasteiger partial charge in [0.05, 0.1) is 16.6 Å². The van der Waals surface area contributed by atoms with Crippen molar-refractivity contribution in [2.24, 2.45) is 5.92 Å². The van der Waals surface area contributed by atoms with Crippen LogP contribution < -0.4 is 0 Å². The van der Waals surface area contributed by atoms with Gasteiger partial charge in [0, 0.05) is 0 Å². The number of rotatable bonds is 4. The van der Waals surface area contributed by atoms with Crippen LogP contribution in [0.5, 0.6) is 0 Å². The SMILES string of the molecule is CC(C)C(C)OC(=O)c1cc(F)c([N+](=O)[O-])cc1F. The van der Waals surface area contributed by atoms with E-state index in [1.807, 2.05) is 0 Å². The van der Waals surface area contributed by atoms with E-state index in [1.165, 1.54) is 0 Å². The lowest BCUT2D eigenvalue weighted by Gasteiger charge is -2.16. The molecule has 0 spiro atoms. The minimum atomic E-state index is -1.28. The smallest absolute Gasteiger partial charge is 0.341 e. The molecule has 0 N–H and O–H groups in total. The predicted octanol–water partition coefficient (Wildman–Crippen LogP) is 3.07. The molecule has 1 aromatic carbocycles. The fourth-order valence-corrected chi connectivity index (χ4v) is 1.20. The maximum Gasteiger partial charge on any atom is 0.341 e. The average molecular weight is 273 g/mol. The molecular formula is C12H13F2NO4. The Kier molecular flexibility index (Phi) is 4.52. The Morgan fingerprint density at radius 1 is 1.26 bits per heavy atom. The molecule has 7 heteroatoms. The van der Waals surface area contributed by atoms with E-state index in [4.69, 9.17) is 4.74 Å². The quantitative estimate of drug-likeness (QED) is 0.480. The Labute approximate surface area is 108 Å². The highest BCUT2D eigenvalue weighted by Gasteiger charge is 2.24. The van der Waals surface area contributed by atoms with Gasteiger partial charge in [0.2, 0.25) is 5.82 Å². The van der Waals surface area contributed by atoms with Gasteiger partial charge in [0.15, 0.2) is 0 Å². The first-order valence-corrected chi connectivity index (χ1v) is 5.58. The highest BCUT2D eigenvalue weighted by Crippen LogP contribution is 2.22. The molecule has 19 heavy (non-hydrogen) atoms. The normalized spacial score (nSPS) is 12.3. The molecule has 0 bridgehead atoms. The van der Waals surface area contributed by atoms with E-state index in [-0.39, 0.29) is 5.92 Å². The minimum Gasteiger partial charge on any atom is -0.459 e. The summed E-state index contributed by atoms with van der Waals surface area (Å²) in [5.74, 6) is -3.51. The molecule has 1 atom stereocenters. The molecule has 0 amide bonds. The number of nitrogens with zero attached hydrogens (tertiary/aromatic N) is 1. The predicted molar refractivity (Wildman–Crippen MR) is 62.7 cm³/mol. The van der Waals surface area contributed by atoms with Crippen LogP contribution in [0.2, 0.25) is 0 Å². The van der Waals surface area contributed by atoms with Crippen molar-refractivity contribution >= 4 is 11.7 Å². The fraction of sp³-hybridized carbons (Fsp3) is 0.417. The first-order valence-electron chi connectivity index (χ1n) is 5.58. The number of esters is 1. The number of ether oxygens (including phenoxy) is 1. The van der Waals surface area contributed by atoms with Gasteiger partial charge in [0.25, 0.3) is 0 Å². The van der Waals surface area contributed by atoms with Gasteiger partial charge in [-0.15, -0.1) is 0 Å². The lowest BCUT2D eigenvalue weighted by atomic mass is 10.1. The van der Waals surface area contributed by atoms with E-state index in [1.54, 1.807) is 20.8 Å². The molecular weight excluding hydrogens is 260 g/mol. The van der Waals surface area contributed by atoms with Gasteiger partial charge in [-0.25, -0.2) is 9.18 Å². The van der Waals surface area contributed by atoms with Crippen LogP contribution in [0.4, 0.5) is 14.5 Å². The number of carbonyl (C=O) groups excluding carboxylic acids is 1. The molecule has 104 valence electrons. The van der Waals surface area contributed by atoms with Gasteiger partial charge >= 0.3 is 11.7 Å². The molecule has 1 rings (SSSR count). The lowest BCUT2D eigenvalue weighted by molar-refractivity contribution is -0.387. The summed E-state index contributed by atoms with van der Waals surface area (Å²) < 4.78 is 31.8. The van der Waals surface area contributed by atoms with Crippen molar-refractivity contribution in [1.82, 2.24) is 0 Å². The van der Waals surface area contributed by atoms with Gasteiger partial charge < -0.3 is 4.74 Å². The van der Waals surface area contributed by atoms with Crippen molar-refractivity contribution in [2.75, 3.05) is 0 Å². The number of halogens is 2. The topological polar surface area (TPSA) is 69.4 Å². The molecule has 1 unspecified atom stereocenters. The van der Waals surface area contributed by atoms with Gasteiger partial charge in [-0.3, -0.25) is 10.1 Å². The maximum atomic E-state index is 13.5. The van der Waals surface area contributed by atoms with Crippen LogP contribution in [-0.2, 0) is 4.74 Å². The first-order chi connectivity index (χ1) is 8.73. The zero-order valence-electron chi connectivity index (χ0n) is 10.6. The number of hydrogen-bond acceptors (Lipinski definition) is 4. The Balaban J connectivity index is 3.05. The summed E-state index contributed by atoms with van der Waals surface area (Å²) in [6, 6.07) is 0.842. The highest BCUT2D eigenvalue weighted by atomic mass is 19.1. The fourth-order valence-electron chi connectivity index (χ4n) is 1.20.